The van der Waals surface area contributed by atoms with Crippen molar-refractivity contribution in [1.82, 2.24) is 0 Å². The van der Waals surface area contributed by atoms with Gasteiger partial charge in [0.15, 0.2) is 6.10 Å². The summed E-state index contributed by atoms with van der Waals surface area (Å²) in [6.07, 6.45) is 28.5. The molecule has 0 radical (unpaired) electrons. The maximum absolute atomic E-state index is 12.1. The minimum Gasteiger partial charge on any atom is -1.00 e. The highest BCUT2D eigenvalue weighted by molar-refractivity contribution is 5.81. The van der Waals surface area contributed by atoms with Gasteiger partial charge in [0.1, 0.15) is 13.1 Å². The van der Waals surface area contributed by atoms with Gasteiger partial charge in [0, 0.05) is 6.08 Å². The van der Waals surface area contributed by atoms with Gasteiger partial charge >= 0.3 is 5.97 Å². The molecule has 0 aromatic heterocycles. The molecule has 4 nitrogen and oxygen atoms in total. The average Bonchev–Trinajstić information content (AvgIpc) is 2.85. The number of ether oxygens (including phenoxy) is 1. The zero-order valence-corrected chi connectivity index (χ0v) is 31.0. The molecule has 242 valence electrons. The predicted octanol–water partition coefficient (Wildman–Crippen LogP) is 3.09. The highest BCUT2D eigenvalue weighted by atomic mass is 79.9. The fourth-order valence-corrected chi connectivity index (χ4v) is 5.68. The van der Waals surface area contributed by atoms with Crippen molar-refractivity contribution in [2.45, 2.75) is 148 Å². The van der Waals surface area contributed by atoms with E-state index in [0.717, 1.165) is 35.1 Å². The smallest absolute Gasteiger partial charge is 0.330 e. The number of quaternary nitrogens is 2. The van der Waals surface area contributed by atoms with E-state index in [0.29, 0.717) is 0 Å². The van der Waals surface area contributed by atoms with Crippen LogP contribution < -0.4 is 34.0 Å². The number of hydrogen-bond donors (Lipinski definition) is 0. The van der Waals surface area contributed by atoms with E-state index in [-0.39, 0.29) is 46.0 Å². The summed E-state index contributed by atoms with van der Waals surface area (Å²) in [4.78, 5) is 12.1. The van der Waals surface area contributed by atoms with Crippen molar-refractivity contribution >= 4 is 5.97 Å². The van der Waals surface area contributed by atoms with E-state index in [1.165, 1.54) is 134 Å². The number of likely N-dealkylation sites (N-methyl/N-ethyl adjacent to an activating group) is 2. The number of carbonyl (C=O) groups excluding carboxylic acids is 1. The lowest BCUT2D eigenvalue weighted by Crippen LogP contribution is -3.00. The highest BCUT2D eigenvalue weighted by Crippen LogP contribution is 2.16. The van der Waals surface area contributed by atoms with Crippen LogP contribution in [0, 0.1) is 0 Å². The van der Waals surface area contributed by atoms with Crippen LogP contribution in [0.15, 0.2) is 12.7 Å². The molecule has 0 aromatic carbocycles. The molecule has 0 amide bonds. The summed E-state index contributed by atoms with van der Waals surface area (Å²) in [6, 6.07) is 0. The maximum Gasteiger partial charge on any atom is 0.330 e. The quantitative estimate of drug-likeness (QED) is 0.0544. The summed E-state index contributed by atoms with van der Waals surface area (Å²) in [6.45, 7) is 12.2. The van der Waals surface area contributed by atoms with E-state index in [9.17, 15) is 4.79 Å². The summed E-state index contributed by atoms with van der Waals surface area (Å²) in [5.74, 6) is -0.284. The number of hydrogen-bond acceptors (Lipinski definition) is 2. The topological polar surface area (TPSA) is 26.3 Å². The van der Waals surface area contributed by atoms with Gasteiger partial charge in [-0.1, -0.05) is 123 Å². The van der Waals surface area contributed by atoms with Gasteiger partial charge in [-0.2, -0.15) is 0 Å². The first-order chi connectivity index (χ1) is 18.2. The summed E-state index contributed by atoms with van der Waals surface area (Å²) in [5, 5.41) is 0. The minimum absolute atomic E-state index is 0. The van der Waals surface area contributed by atoms with E-state index in [2.05, 4.69) is 48.6 Å². The zero-order valence-electron chi connectivity index (χ0n) is 27.8. The van der Waals surface area contributed by atoms with Crippen molar-refractivity contribution in [1.29, 1.82) is 0 Å². The lowest BCUT2D eigenvalue weighted by molar-refractivity contribution is -0.914. The van der Waals surface area contributed by atoms with Crippen LogP contribution in [-0.4, -0.2) is 75.4 Å². The van der Waals surface area contributed by atoms with E-state index < -0.39 is 0 Å². The van der Waals surface area contributed by atoms with Crippen molar-refractivity contribution in [3.8, 4) is 0 Å². The van der Waals surface area contributed by atoms with Gasteiger partial charge in [-0.05, 0) is 25.7 Å². The molecular weight excluding hydrogens is 628 g/mol. The van der Waals surface area contributed by atoms with Gasteiger partial charge in [0.05, 0.1) is 41.3 Å². The third kappa shape index (κ3) is 29.6. The van der Waals surface area contributed by atoms with Crippen molar-refractivity contribution in [2.75, 3.05) is 54.4 Å². The van der Waals surface area contributed by atoms with Gasteiger partial charge in [-0.3, -0.25) is 0 Å². The molecule has 0 aliphatic heterocycles. The number of esters is 1. The Morgan fingerprint density at radius 2 is 0.850 bits per heavy atom. The number of carbonyl (C=O) groups is 1. The lowest BCUT2D eigenvalue weighted by atomic mass is 10.1. The van der Waals surface area contributed by atoms with Gasteiger partial charge in [0.25, 0.3) is 0 Å². The molecule has 0 rings (SSSR count). The fourth-order valence-electron chi connectivity index (χ4n) is 5.68. The Kier molecular flexibility index (Phi) is 32.5. The second-order valence-corrected chi connectivity index (χ2v) is 13.3. The van der Waals surface area contributed by atoms with Crippen LogP contribution in [-0.2, 0) is 9.53 Å². The summed E-state index contributed by atoms with van der Waals surface area (Å²) in [7, 11) is 9.19. The number of nitrogens with zero attached hydrogens (tertiary/aromatic N) is 2. The van der Waals surface area contributed by atoms with Crippen molar-refractivity contribution in [3.05, 3.63) is 12.7 Å². The summed E-state index contributed by atoms with van der Waals surface area (Å²) in [5.41, 5.74) is 0. The molecule has 0 aromatic rings. The largest absolute Gasteiger partial charge is 1.00 e. The second kappa shape index (κ2) is 29.2. The summed E-state index contributed by atoms with van der Waals surface area (Å²) >= 11 is 0. The molecule has 0 atom stereocenters. The molecule has 0 bridgehead atoms. The lowest BCUT2D eigenvalue weighted by Gasteiger charge is -2.37. The molecule has 0 unspecified atom stereocenters. The third-order valence-electron chi connectivity index (χ3n) is 8.08. The number of rotatable bonds is 28. The molecule has 0 saturated heterocycles. The van der Waals surface area contributed by atoms with Gasteiger partial charge in [0.2, 0.25) is 0 Å². The van der Waals surface area contributed by atoms with Gasteiger partial charge < -0.3 is 47.7 Å². The Morgan fingerprint density at radius 3 is 1.12 bits per heavy atom. The molecule has 0 fully saturated rings. The Bertz CT molecular complexity index is 532. The first-order valence-electron chi connectivity index (χ1n) is 16.6. The average molecular weight is 699 g/mol. The standard InChI is InChI=1S/C34H70N2O2.2BrH/c1-8-11-13-15-17-19-21-23-25-27-29-35(4,5)31-33(38-34(37)10-3)32-36(6,7)30-28-26-24-22-20-18-16-14-12-9-2;;/h10,33H,3,8-9,11-32H2,1-2,4-7H3;2*1H/q+2;;/p-2. The molecule has 0 heterocycles. The molecule has 0 aliphatic carbocycles. The van der Waals surface area contributed by atoms with Crippen LogP contribution in [0.4, 0.5) is 0 Å². The maximum atomic E-state index is 12.1. The van der Waals surface area contributed by atoms with E-state index in [1.54, 1.807) is 0 Å². The van der Waals surface area contributed by atoms with Crippen molar-refractivity contribution < 1.29 is 52.5 Å². The molecule has 40 heavy (non-hydrogen) atoms. The Balaban J connectivity index is -0.00000684. The Labute approximate surface area is 272 Å². The van der Waals surface area contributed by atoms with E-state index >= 15 is 0 Å². The normalized spacial score (nSPS) is 11.7. The monoisotopic (exact) mass is 696 g/mol. The molecular formula is C34H70Br2N2O2. The highest BCUT2D eigenvalue weighted by Gasteiger charge is 2.30. The number of unbranched alkanes of at least 4 members (excludes halogenated alkanes) is 18. The van der Waals surface area contributed by atoms with Gasteiger partial charge in [-0.25, -0.2) is 4.79 Å². The number of halogens is 2. The SMILES string of the molecule is C=CC(=O)OC(C[N+](C)(C)CCCCCCCCCCCC)C[N+](C)(C)CCCCCCCCCCCC.[Br-].[Br-]. The Hall–Kier alpha value is 0.0900. The Morgan fingerprint density at radius 1 is 0.575 bits per heavy atom. The minimum atomic E-state index is -0.284. The summed E-state index contributed by atoms with van der Waals surface area (Å²) < 4.78 is 7.70. The van der Waals surface area contributed by atoms with Crippen molar-refractivity contribution in [3.63, 3.8) is 0 Å². The van der Waals surface area contributed by atoms with Crippen molar-refractivity contribution in [2.24, 2.45) is 0 Å². The molecule has 0 aliphatic rings. The van der Waals surface area contributed by atoms with E-state index in [1.807, 2.05) is 0 Å². The van der Waals surface area contributed by atoms with Crippen LogP contribution in [0.2, 0.25) is 0 Å². The molecule has 0 saturated carbocycles. The third-order valence-corrected chi connectivity index (χ3v) is 8.08. The first kappa shape index (κ1) is 44.5. The van der Waals surface area contributed by atoms with Crippen LogP contribution in [0.25, 0.3) is 0 Å². The van der Waals surface area contributed by atoms with Crippen LogP contribution in [0.1, 0.15) is 142 Å². The molecule has 0 spiro atoms. The van der Waals surface area contributed by atoms with Gasteiger partial charge in [-0.15, -0.1) is 0 Å². The predicted molar refractivity (Wildman–Crippen MR) is 167 cm³/mol. The van der Waals surface area contributed by atoms with Crippen LogP contribution in [0.5, 0.6) is 0 Å². The first-order valence-corrected chi connectivity index (χ1v) is 16.6. The van der Waals surface area contributed by atoms with Crippen LogP contribution in [0.3, 0.4) is 0 Å². The fraction of sp³-hybridized carbons (Fsp3) is 0.912. The zero-order chi connectivity index (χ0) is 28.5. The molecule has 6 heteroatoms. The second-order valence-electron chi connectivity index (χ2n) is 13.3. The molecule has 0 N–H and O–H groups in total. The van der Waals surface area contributed by atoms with Crippen LogP contribution >= 0.6 is 0 Å². The van der Waals surface area contributed by atoms with E-state index in [4.69, 9.17) is 4.74 Å².